The Morgan fingerprint density at radius 1 is 1.60 bits per heavy atom. The van der Waals surface area contributed by atoms with Gasteiger partial charge in [-0.2, -0.15) is 0 Å². The van der Waals surface area contributed by atoms with Gasteiger partial charge in [0.2, 0.25) is 0 Å². The number of carbonyl (C=O) groups excluding carboxylic acids is 1. The fraction of sp³-hybridized carbons (Fsp3) is 0.800. The number of ether oxygens (including phenoxy) is 1. The van der Waals surface area contributed by atoms with Crippen LogP contribution in [0.4, 0.5) is 0 Å². The van der Waals surface area contributed by atoms with E-state index in [4.69, 9.17) is 5.11 Å². The van der Waals surface area contributed by atoms with Crippen molar-refractivity contribution in [2.45, 2.75) is 13.3 Å². The standard InChI is InChI=1S/C10H17NO4/c1-7(10(14)15-2)5-11-4-3-8(6-11)9(12)13/h7-8H,3-6H2,1-2H3,(H,12,13). The minimum Gasteiger partial charge on any atom is -0.481 e. The van der Waals surface area contributed by atoms with Crippen LogP contribution in [0, 0.1) is 11.8 Å². The molecule has 1 rings (SSSR count). The van der Waals surface area contributed by atoms with Crippen LogP contribution in [0.3, 0.4) is 0 Å². The van der Waals surface area contributed by atoms with Crippen molar-refractivity contribution in [1.29, 1.82) is 0 Å². The third kappa shape index (κ3) is 3.20. The molecular weight excluding hydrogens is 198 g/mol. The average Bonchev–Trinajstić information content (AvgIpc) is 2.65. The molecular formula is C10H17NO4. The maximum absolute atomic E-state index is 11.1. The van der Waals surface area contributed by atoms with Crippen molar-refractivity contribution in [3.05, 3.63) is 0 Å². The quantitative estimate of drug-likeness (QED) is 0.679. The van der Waals surface area contributed by atoms with Gasteiger partial charge >= 0.3 is 11.9 Å². The van der Waals surface area contributed by atoms with Crippen molar-refractivity contribution in [1.82, 2.24) is 4.90 Å². The summed E-state index contributed by atoms with van der Waals surface area (Å²) in [6.45, 7) is 3.66. The number of methoxy groups -OCH3 is 1. The molecule has 0 saturated carbocycles. The van der Waals surface area contributed by atoms with E-state index < -0.39 is 5.97 Å². The molecule has 0 aromatic carbocycles. The van der Waals surface area contributed by atoms with Gasteiger partial charge in [0.05, 0.1) is 18.9 Å². The second-order valence-electron chi connectivity index (χ2n) is 4.01. The van der Waals surface area contributed by atoms with Crippen molar-refractivity contribution < 1.29 is 19.4 Å². The molecule has 0 spiro atoms. The Balaban J connectivity index is 2.36. The zero-order valence-electron chi connectivity index (χ0n) is 9.10. The first-order valence-electron chi connectivity index (χ1n) is 5.07. The number of esters is 1. The summed E-state index contributed by atoms with van der Waals surface area (Å²) < 4.78 is 4.61. The normalized spacial score (nSPS) is 23.7. The SMILES string of the molecule is COC(=O)C(C)CN1CCC(C(=O)O)C1. The van der Waals surface area contributed by atoms with Gasteiger partial charge in [0.1, 0.15) is 0 Å². The highest BCUT2D eigenvalue weighted by Crippen LogP contribution is 2.17. The zero-order chi connectivity index (χ0) is 11.4. The van der Waals surface area contributed by atoms with Gasteiger partial charge in [-0.3, -0.25) is 9.59 Å². The summed E-state index contributed by atoms with van der Waals surface area (Å²) in [7, 11) is 1.36. The fourth-order valence-electron chi connectivity index (χ4n) is 1.86. The first-order chi connectivity index (χ1) is 7.04. The average molecular weight is 215 g/mol. The Morgan fingerprint density at radius 2 is 2.27 bits per heavy atom. The highest BCUT2D eigenvalue weighted by Gasteiger charge is 2.29. The van der Waals surface area contributed by atoms with Crippen LogP contribution in [0.25, 0.3) is 0 Å². The molecule has 0 aromatic heterocycles. The number of aliphatic carboxylic acids is 1. The minimum absolute atomic E-state index is 0.192. The number of carboxylic acid groups (broad SMARTS) is 1. The molecule has 1 aliphatic rings. The van der Waals surface area contributed by atoms with Crippen LogP contribution in [0.5, 0.6) is 0 Å². The summed E-state index contributed by atoms with van der Waals surface area (Å²) in [6.07, 6.45) is 0.670. The summed E-state index contributed by atoms with van der Waals surface area (Å²) in [4.78, 5) is 23.9. The Kier molecular flexibility index (Phi) is 4.08. The predicted molar refractivity (Wildman–Crippen MR) is 53.4 cm³/mol. The second kappa shape index (κ2) is 5.11. The van der Waals surface area contributed by atoms with Crippen molar-refractivity contribution in [2.24, 2.45) is 11.8 Å². The van der Waals surface area contributed by atoms with E-state index in [1.54, 1.807) is 6.92 Å². The number of hydrogen-bond donors (Lipinski definition) is 1. The van der Waals surface area contributed by atoms with Gasteiger partial charge in [-0.05, 0) is 13.0 Å². The smallest absolute Gasteiger partial charge is 0.309 e. The molecule has 2 unspecified atom stereocenters. The fourth-order valence-corrected chi connectivity index (χ4v) is 1.86. The lowest BCUT2D eigenvalue weighted by Gasteiger charge is -2.18. The Morgan fingerprint density at radius 3 is 2.73 bits per heavy atom. The van der Waals surface area contributed by atoms with E-state index >= 15 is 0 Å². The second-order valence-corrected chi connectivity index (χ2v) is 4.01. The maximum atomic E-state index is 11.1. The van der Waals surface area contributed by atoms with E-state index in [9.17, 15) is 9.59 Å². The van der Waals surface area contributed by atoms with Gasteiger partial charge in [0.25, 0.3) is 0 Å². The van der Waals surface area contributed by atoms with Gasteiger partial charge < -0.3 is 14.7 Å². The lowest BCUT2D eigenvalue weighted by atomic mass is 10.1. The number of carboxylic acids is 1. The predicted octanol–water partition coefficient (Wildman–Crippen LogP) is 0.202. The van der Waals surface area contributed by atoms with Gasteiger partial charge in [-0.25, -0.2) is 0 Å². The Bertz CT molecular complexity index is 254. The van der Waals surface area contributed by atoms with Crippen molar-refractivity contribution in [3.8, 4) is 0 Å². The number of carbonyl (C=O) groups is 2. The van der Waals surface area contributed by atoms with Crippen molar-refractivity contribution in [3.63, 3.8) is 0 Å². The third-order valence-electron chi connectivity index (χ3n) is 2.76. The lowest BCUT2D eigenvalue weighted by Crippen LogP contribution is -2.31. The zero-order valence-corrected chi connectivity index (χ0v) is 9.10. The number of nitrogens with zero attached hydrogens (tertiary/aromatic N) is 1. The van der Waals surface area contributed by atoms with E-state index in [1.165, 1.54) is 7.11 Å². The Hall–Kier alpha value is -1.10. The van der Waals surface area contributed by atoms with Crippen LogP contribution in [0.15, 0.2) is 0 Å². The van der Waals surface area contributed by atoms with Crippen LogP contribution in [-0.2, 0) is 14.3 Å². The van der Waals surface area contributed by atoms with E-state index in [-0.39, 0.29) is 17.8 Å². The molecule has 5 heteroatoms. The van der Waals surface area contributed by atoms with E-state index in [0.29, 0.717) is 19.5 Å². The van der Waals surface area contributed by atoms with Crippen LogP contribution in [0.1, 0.15) is 13.3 Å². The lowest BCUT2D eigenvalue weighted by molar-refractivity contribution is -0.145. The molecule has 1 aliphatic heterocycles. The Labute approximate surface area is 89.0 Å². The molecule has 15 heavy (non-hydrogen) atoms. The molecule has 0 aromatic rings. The molecule has 1 fully saturated rings. The van der Waals surface area contributed by atoms with E-state index in [2.05, 4.69) is 4.74 Å². The number of likely N-dealkylation sites (tertiary alicyclic amines) is 1. The highest BCUT2D eigenvalue weighted by atomic mass is 16.5. The first-order valence-corrected chi connectivity index (χ1v) is 5.07. The van der Waals surface area contributed by atoms with Crippen LogP contribution in [0.2, 0.25) is 0 Å². The summed E-state index contributed by atoms with van der Waals surface area (Å²) in [5.74, 6) is -1.46. The molecule has 0 aliphatic carbocycles. The molecule has 1 N–H and O–H groups in total. The van der Waals surface area contributed by atoms with E-state index in [0.717, 1.165) is 6.54 Å². The van der Waals surface area contributed by atoms with Crippen LogP contribution < -0.4 is 0 Å². The molecule has 1 saturated heterocycles. The summed E-state index contributed by atoms with van der Waals surface area (Å²) in [5.41, 5.74) is 0. The topological polar surface area (TPSA) is 66.8 Å². The van der Waals surface area contributed by atoms with Gasteiger partial charge in [0.15, 0.2) is 0 Å². The maximum Gasteiger partial charge on any atom is 0.309 e. The van der Waals surface area contributed by atoms with Crippen molar-refractivity contribution in [2.75, 3.05) is 26.7 Å². The van der Waals surface area contributed by atoms with Gasteiger partial charge in [0, 0.05) is 13.1 Å². The number of hydrogen-bond acceptors (Lipinski definition) is 4. The monoisotopic (exact) mass is 215 g/mol. The molecule has 0 bridgehead atoms. The van der Waals surface area contributed by atoms with Gasteiger partial charge in [-0.15, -0.1) is 0 Å². The molecule has 0 radical (unpaired) electrons. The third-order valence-corrected chi connectivity index (χ3v) is 2.76. The van der Waals surface area contributed by atoms with Crippen molar-refractivity contribution >= 4 is 11.9 Å². The summed E-state index contributed by atoms with van der Waals surface area (Å²) in [5, 5.41) is 8.80. The molecule has 5 nitrogen and oxygen atoms in total. The first kappa shape index (κ1) is 12.0. The van der Waals surface area contributed by atoms with Gasteiger partial charge in [-0.1, -0.05) is 6.92 Å². The summed E-state index contributed by atoms with van der Waals surface area (Å²) >= 11 is 0. The highest BCUT2D eigenvalue weighted by molar-refractivity contribution is 5.72. The minimum atomic E-state index is -0.747. The number of rotatable bonds is 4. The summed E-state index contributed by atoms with van der Waals surface area (Å²) in [6, 6.07) is 0. The van der Waals surface area contributed by atoms with E-state index in [1.807, 2.05) is 4.90 Å². The van der Waals surface area contributed by atoms with Crippen LogP contribution in [-0.4, -0.2) is 48.7 Å². The molecule has 1 heterocycles. The molecule has 0 amide bonds. The van der Waals surface area contributed by atoms with Crippen LogP contribution >= 0.6 is 0 Å². The molecule has 2 atom stereocenters. The molecule has 86 valence electrons. The largest absolute Gasteiger partial charge is 0.481 e.